The molecule has 120 valence electrons. The molecular formula is C19H24BNO2. The average molecular weight is 309 g/mol. The molecule has 3 rings (SSSR count). The van der Waals surface area contributed by atoms with Crippen LogP contribution in [0, 0.1) is 0 Å². The van der Waals surface area contributed by atoms with Crippen LogP contribution in [0.15, 0.2) is 60.7 Å². The van der Waals surface area contributed by atoms with Crippen molar-refractivity contribution in [2.45, 2.75) is 45.4 Å². The smallest absolute Gasteiger partial charge is 0.402 e. The number of hydrogen-bond donors (Lipinski definition) is 0. The Bertz CT molecular complexity index is 627. The van der Waals surface area contributed by atoms with Gasteiger partial charge in [0.25, 0.3) is 0 Å². The fraction of sp³-hybridized carbons (Fsp3) is 0.368. The molecule has 0 radical (unpaired) electrons. The summed E-state index contributed by atoms with van der Waals surface area (Å²) in [6.45, 7) is 8.63. The van der Waals surface area contributed by atoms with E-state index in [9.17, 15) is 0 Å². The van der Waals surface area contributed by atoms with E-state index in [1.54, 1.807) is 0 Å². The summed E-state index contributed by atoms with van der Waals surface area (Å²) in [6, 6.07) is 20.6. The van der Waals surface area contributed by atoms with Gasteiger partial charge in [-0.3, -0.25) is 0 Å². The zero-order valence-corrected chi connectivity index (χ0v) is 14.3. The van der Waals surface area contributed by atoms with E-state index in [-0.39, 0.29) is 24.8 Å². The highest BCUT2D eigenvalue weighted by Gasteiger charge is 2.44. The first-order valence-corrected chi connectivity index (χ1v) is 8.18. The highest BCUT2D eigenvalue weighted by atomic mass is 16.7. The van der Waals surface area contributed by atoms with Crippen molar-refractivity contribution in [1.82, 2.24) is 5.06 Å². The average Bonchev–Trinajstić information content (AvgIpc) is 2.55. The van der Waals surface area contributed by atoms with Gasteiger partial charge in [0.05, 0.1) is 12.1 Å². The largest absolute Gasteiger partial charge is 0.511 e. The quantitative estimate of drug-likeness (QED) is 0.792. The lowest BCUT2D eigenvalue weighted by Gasteiger charge is -2.48. The fourth-order valence-corrected chi connectivity index (χ4v) is 3.04. The highest BCUT2D eigenvalue weighted by Crippen LogP contribution is 2.36. The molecule has 0 aliphatic carbocycles. The zero-order valence-electron chi connectivity index (χ0n) is 14.3. The van der Waals surface area contributed by atoms with Crippen molar-refractivity contribution in [2.24, 2.45) is 0 Å². The lowest BCUT2D eigenvalue weighted by molar-refractivity contribution is -0.224. The first kappa shape index (κ1) is 16.3. The van der Waals surface area contributed by atoms with Gasteiger partial charge in [-0.1, -0.05) is 60.7 Å². The Labute approximate surface area is 139 Å². The van der Waals surface area contributed by atoms with Gasteiger partial charge in [0.2, 0.25) is 0 Å². The van der Waals surface area contributed by atoms with Crippen LogP contribution in [-0.4, -0.2) is 23.8 Å². The molecule has 0 N–H and O–H groups in total. The number of hydrogen-bond acceptors (Lipinski definition) is 3. The zero-order chi connectivity index (χ0) is 16.4. The summed E-state index contributed by atoms with van der Waals surface area (Å²) in [5.74, 6) is 0. The second kappa shape index (κ2) is 6.48. The second-order valence-corrected chi connectivity index (χ2v) is 7.04. The Kier molecular flexibility index (Phi) is 4.58. The Morgan fingerprint density at radius 2 is 1.48 bits per heavy atom. The minimum atomic E-state index is -0.370. The summed E-state index contributed by atoms with van der Waals surface area (Å²) in [5, 5.41) is 2.09. The normalized spacial score (nSPS) is 23.0. The lowest BCUT2D eigenvalue weighted by Crippen LogP contribution is -2.59. The minimum absolute atomic E-state index is 0.0237. The maximum Gasteiger partial charge on any atom is 0.511 e. The van der Waals surface area contributed by atoms with Gasteiger partial charge >= 0.3 is 7.12 Å². The van der Waals surface area contributed by atoms with E-state index in [1.807, 2.05) is 36.4 Å². The minimum Gasteiger partial charge on any atom is -0.402 e. The number of benzene rings is 2. The third kappa shape index (κ3) is 3.50. The maximum atomic E-state index is 6.29. The van der Waals surface area contributed by atoms with Crippen molar-refractivity contribution in [3.05, 3.63) is 66.2 Å². The molecule has 0 bridgehead atoms. The monoisotopic (exact) mass is 309 g/mol. The van der Waals surface area contributed by atoms with Gasteiger partial charge in [-0.2, -0.15) is 5.06 Å². The van der Waals surface area contributed by atoms with E-state index in [1.165, 1.54) is 5.56 Å². The molecule has 1 fully saturated rings. The Balaban J connectivity index is 1.93. The standard InChI is InChI=1S/C19H24BNO2/c1-15-18(16-11-7-5-8-12-16)21(19(2,3)4)23-20(22-15)17-13-9-6-10-14-17/h5-15,18H,1-4H3. The molecule has 2 atom stereocenters. The van der Waals surface area contributed by atoms with Gasteiger partial charge in [-0.25, -0.2) is 0 Å². The summed E-state index contributed by atoms with van der Waals surface area (Å²) in [6.07, 6.45) is 0.0237. The third-order valence-corrected chi connectivity index (χ3v) is 4.12. The number of rotatable bonds is 2. The number of hydroxylamine groups is 2. The van der Waals surface area contributed by atoms with Gasteiger partial charge in [0.1, 0.15) is 0 Å². The third-order valence-electron chi connectivity index (χ3n) is 4.12. The first-order valence-electron chi connectivity index (χ1n) is 8.18. The Morgan fingerprint density at radius 3 is 2.04 bits per heavy atom. The van der Waals surface area contributed by atoms with Crippen LogP contribution < -0.4 is 5.46 Å². The first-order chi connectivity index (χ1) is 11.0. The summed E-state index contributed by atoms with van der Waals surface area (Å²) in [5.41, 5.74) is 2.12. The second-order valence-electron chi connectivity index (χ2n) is 7.04. The molecule has 2 aromatic carbocycles. The van der Waals surface area contributed by atoms with E-state index in [0.29, 0.717) is 0 Å². The molecule has 23 heavy (non-hydrogen) atoms. The van der Waals surface area contributed by atoms with E-state index < -0.39 is 0 Å². The molecule has 1 aliphatic heterocycles. The molecule has 0 aromatic heterocycles. The molecule has 1 heterocycles. The van der Waals surface area contributed by atoms with Crippen LogP contribution in [0.1, 0.15) is 39.3 Å². The molecule has 1 saturated heterocycles. The highest BCUT2D eigenvalue weighted by molar-refractivity contribution is 6.61. The molecule has 0 spiro atoms. The van der Waals surface area contributed by atoms with Crippen LogP contribution >= 0.6 is 0 Å². The molecule has 3 nitrogen and oxygen atoms in total. The molecule has 2 aromatic rings. The Hall–Kier alpha value is -1.62. The van der Waals surface area contributed by atoms with Crippen molar-refractivity contribution in [2.75, 3.05) is 0 Å². The lowest BCUT2D eigenvalue weighted by atomic mass is 9.77. The van der Waals surface area contributed by atoms with Crippen LogP contribution in [0.25, 0.3) is 0 Å². The van der Waals surface area contributed by atoms with Gasteiger partial charge in [0, 0.05) is 5.54 Å². The van der Waals surface area contributed by atoms with Crippen LogP contribution in [0.3, 0.4) is 0 Å². The predicted molar refractivity (Wildman–Crippen MR) is 94.2 cm³/mol. The van der Waals surface area contributed by atoms with Crippen LogP contribution in [-0.2, 0) is 9.41 Å². The summed E-state index contributed by atoms with van der Waals surface area (Å²) >= 11 is 0. The van der Waals surface area contributed by atoms with Crippen LogP contribution in [0.5, 0.6) is 0 Å². The fourth-order valence-electron chi connectivity index (χ4n) is 3.04. The van der Waals surface area contributed by atoms with Gasteiger partial charge < -0.3 is 9.41 Å². The summed E-state index contributed by atoms with van der Waals surface area (Å²) in [4.78, 5) is 0. The van der Waals surface area contributed by atoms with Gasteiger partial charge in [0.15, 0.2) is 0 Å². The molecule has 0 saturated carbocycles. The predicted octanol–water partition coefficient (Wildman–Crippen LogP) is 3.57. The van der Waals surface area contributed by atoms with Crippen molar-refractivity contribution in [3.63, 3.8) is 0 Å². The number of nitrogens with zero attached hydrogens (tertiary/aromatic N) is 1. The maximum absolute atomic E-state index is 6.29. The van der Waals surface area contributed by atoms with Crippen LogP contribution in [0.4, 0.5) is 0 Å². The molecule has 1 aliphatic rings. The van der Waals surface area contributed by atoms with Crippen molar-refractivity contribution in [3.8, 4) is 0 Å². The van der Waals surface area contributed by atoms with Crippen molar-refractivity contribution >= 4 is 12.6 Å². The Morgan fingerprint density at radius 1 is 0.913 bits per heavy atom. The van der Waals surface area contributed by atoms with E-state index >= 15 is 0 Å². The van der Waals surface area contributed by atoms with Gasteiger partial charge in [-0.05, 0) is 38.7 Å². The topological polar surface area (TPSA) is 21.7 Å². The molecular weight excluding hydrogens is 285 g/mol. The molecule has 0 amide bonds. The summed E-state index contributed by atoms with van der Waals surface area (Å²) < 4.78 is 12.5. The van der Waals surface area contributed by atoms with Crippen LogP contribution in [0.2, 0.25) is 0 Å². The van der Waals surface area contributed by atoms with Crippen molar-refractivity contribution < 1.29 is 9.41 Å². The van der Waals surface area contributed by atoms with Crippen molar-refractivity contribution in [1.29, 1.82) is 0 Å². The van der Waals surface area contributed by atoms with Gasteiger partial charge in [-0.15, -0.1) is 0 Å². The van der Waals surface area contributed by atoms with E-state index in [2.05, 4.69) is 57.0 Å². The van der Waals surface area contributed by atoms with E-state index in [0.717, 1.165) is 5.46 Å². The van der Waals surface area contributed by atoms with E-state index in [4.69, 9.17) is 9.41 Å². The summed E-state index contributed by atoms with van der Waals surface area (Å²) in [7, 11) is -0.370. The SMILES string of the molecule is CC1OB(c2ccccc2)ON(C(C)(C)C)C1c1ccccc1. The molecule has 2 unspecified atom stereocenters. The molecule has 4 heteroatoms.